The van der Waals surface area contributed by atoms with Crippen LogP contribution in [0, 0.1) is 5.92 Å². The summed E-state index contributed by atoms with van der Waals surface area (Å²) in [5.74, 6) is -0.960. The van der Waals surface area contributed by atoms with E-state index < -0.39 is 5.97 Å². The van der Waals surface area contributed by atoms with Gasteiger partial charge in [-0.25, -0.2) is 0 Å². The predicted octanol–water partition coefficient (Wildman–Crippen LogP) is 0.127. The number of benzene rings is 1. The van der Waals surface area contributed by atoms with Crippen LogP contribution in [0.25, 0.3) is 10.9 Å². The molecule has 1 atom stereocenters. The summed E-state index contributed by atoms with van der Waals surface area (Å²) in [6, 6.07) is 5.75. The van der Waals surface area contributed by atoms with E-state index in [0.717, 1.165) is 28.0 Å². The zero-order chi connectivity index (χ0) is 12.0. The molecule has 1 aliphatic carbocycles. The molecule has 5 heteroatoms. The first-order valence-corrected chi connectivity index (χ1v) is 6.04. The largest absolute Gasteiger partial charge is 1.00 e. The van der Waals surface area contributed by atoms with Crippen molar-refractivity contribution in [2.75, 3.05) is 0 Å². The van der Waals surface area contributed by atoms with Crippen molar-refractivity contribution in [1.29, 1.82) is 0 Å². The molecule has 1 aliphatic rings. The zero-order valence-electron chi connectivity index (χ0n) is 11.2. The van der Waals surface area contributed by atoms with Gasteiger partial charge in [-0.05, 0) is 36.6 Å². The van der Waals surface area contributed by atoms with Crippen molar-refractivity contribution in [1.82, 2.24) is 4.98 Å². The molecule has 0 aliphatic heterocycles. The number of carbonyl (C=O) groups is 1. The van der Waals surface area contributed by atoms with Crippen molar-refractivity contribution in [2.45, 2.75) is 19.3 Å². The van der Waals surface area contributed by atoms with E-state index in [9.17, 15) is 4.79 Å². The van der Waals surface area contributed by atoms with Gasteiger partial charge >= 0.3 is 35.5 Å². The average molecular weight is 274 g/mol. The number of carboxylic acids is 1. The van der Waals surface area contributed by atoms with E-state index in [1.807, 2.05) is 18.2 Å². The standard InChI is InChI=1S/C13H12ClNO2.Na.H/c14-8-2-4-11-10(6-8)9-3-1-7(13(16)17)5-12(9)15-11;;/h2,4,6-7,15H,1,3,5H2,(H,16,17);;/q;+1;-1. The van der Waals surface area contributed by atoms with Crippen molar-refractivity contribution < 1.29 is 40.9 Å². The van der Waals surface area contributed by atoms with Crippen molar-refractivity contribution in [3.05, 3.63) is 34.5 Å². The van der Waals surface area contributed by atoms with Crippen molar-refractivity contribution in [2.24, 2.45) is 5.92 Å². The molecule has 1 heterocycles. The molecule has 2 aromatic rings. The molecule has 2 N–H and O–H groups in total. The first-order valence-electron chi connectivity index (χ1n) is 5.67. The molecule has 1 aromatic carbocycles. The van der Waals surface area contributed by atoms with Crippen LogP contribution in [0.4, 0.5) is 0 Å². The summed E-state index contributed by atoms with van der Waals surface area (Å²) in [5.41, 5.74) is 3.34. The van der Waals surface area contributed by atoms with Gasteiger partial charge in [-0.15, -0.1) is 0 Å². The topological polar surface area (TPSA) is 53.1 Å². The molecule has 18 heavy (non-hydrogen) atoms. The van der Waals surface area contributed by atoms with E-state index in [4.69, 9.17) is 16.7 Å². The fourth-order valence-electron chi connectivity index (χ4n) is 2.61. The molecule has 3 nitrogen and oxygen atoms in total. The van der Waals surface area contributed by atoms with Gasteiger partial charge in [0.25, 0.3) is 0 Å². The van der Waals surface area contributed by atoms with Crippen LogP contribution in [0.1, 0.15) is 19.1 Å². The molecule has 3 rings (SSSR count). The Morgan fingerprint density at radius 3 is 3.00 bits per heavy atom. The number of hydrogen-bond acceptors (Lipinski definition) is 1. The number of nitrogens with one attached hydrogen (secondary N) is 1. The van der Waals surface area contributed by atoms with E-state index in [1.165, 1.54) is 5.56 Å². The number of hydrogen-bond donors (Lipinski definition) is 2. The van der Waals surface area contributed by atoms with Gasteiger partial charge in [-0.1, -0.05) is 11.6 Å². The summed E-state index contributed by atoms with van der Waals surface area (Å²) in [5, 5.41) is 10.9. The van der Waals surface area contributed by atoms with Gasteiger partial charge in [0.2, 0.25) is 0 Å². The minimum Gasteiger partial charge on any atom is -1.00 e. The van der Waals surface area contributed by atoms with Crippen LogP contribution in [0.5, 0.6) is 0 Å². The van der Waals surface area contributed by atoms with Crippen LogP contribution in [0.3, 0.4) is 0 Å². The van der Waals surface area contributed by atoms with Crippen LogP contribution in [0.2, 0.25) is 5.02 Å². The Bertz CT molecular complexity index is 614. The number of aryl methyl sites for hydroxylation is 1. The van der Waals surface area contributed by atoms with E-state index in [0.29, 0.717) is 12.8 Å². The fourth-order valence-corrected chi connectivity index (χ4v) is 2.79. The minimum absolute atomic E-state index is 0. The number of aromatic amines is 1. The second kappa shape index (κ2) is 5.25. The number of halogens is 1. The van der Waals surface area contributed by atoms with E-state index >= 15 is 0 Å². The number of H-pyrrole nitrogens is 1. The van der Waals surface area contributed by atoms with Crippen LogP contribution in [-0.4, -0.2) is 16.1 Å². The van der Waals surface area contributed by atoms with Gasteiger partial charge in [-0.2, -0.15) is 0 Å². The van der Waals surface area contributed by atoms with E-state index in [-0.39, 0.29) is 36.9 Å². The van der Waals surface area contributed by atoms with Gasteiger partial charge in [-0.3, -0.25) is 4.79 Å². The fraction of sp³-hybridized carbons (Fsp3) is 0.308. The van der Waals surface area contributed by atoms with Crippen LogP contribution in [0.15, 0.2) is 18.2 Å². The Labute approximate surface area is 133 Å². The Morgan fingerprint density at radius 1 is 1.50 bits per heavy atom. The molecule has 0 saturated carbocycles. The molecule has 0 spiro atoms. The van der Waals surface area contributed by atoms with Gasteiger partial charge < -0.3 is 11.5 Å². The molecule has 0 fully saturated rings. The van der Waals surface area contributed by atoms with Gasteiger partial charge in [0, 0.05) is 28.0 Å². The number of aliphatic carboxylic acids is 1. The Kier molecular flexibility index (Phi) is 4.07. The summed E-state index contributed by atoms with van der Waals surface area (Å²) < 4.78 is 0. The molecule has 0 bridgehead atoms. The first kappa shape index (κ1) is 13.9. The summed E-state index contributed by atoms with van der Waals surface area (Å²) in [4.78, 5) is 14.3. The molecular formula is C13H13ClNNaO2. The van der Waals surface area contributed by atoms with Crippen molar-refractivity contribution in [3.63, 3.8) is 0 Å². The summed E-state index contributed by atoms with van der Waals surface area (Å²) in [7, 11) is 0. The van der Waals surface area contributed by atoms with Gasteiger partial charge in [0.05, 0.1) is 5.92 Å². The number of carboxylic acid groups (broad SMARTS) is 1. The van der Waals surface area contributed by atoms with Crippen LogP contribution in [-0.2, 0) is 17.6 Å². The molecule has 0 amide bonds. The monoisotopic (exact) mass is 273 g/mol. The Hall–Kier alpha value is -0.480. The minimum atomic E-state index is -0.702. The Morgan fingerprint density at radius 2 is 2.28 bits per heavy atom. The van der Waals surface area contributed by atoms with Crippen molar-refractivity contribution >= 4 is 28.5 Å². The maximum Gasteiger partial charge on any atom is 1.00 e. The summed E-state index contributed by atoms with van der Waals surface area (Å²) in [6.07, 6.45) is 2.12. The maximum atomic E-state index is 11.0. The summed E-state index contributed by atoms with van der Waals surface area (Å²) in [6.45, 7) is 0. The normalized spacial score (nSPS) is 18.2. The first-order chi connectivity index (χ1) is 8.15. The molecular weight excluding hydrogens is 261 g/mol. The predicted molar refractivity (Wildman–Crippen MR) is 67.6 cm³/mol. The molecule has 1 aromatic heterocycles. The van der Waals surface area contributed by atoms with Gasteiger partial charge in [0.15, 0.2) is 0 Å². The van der Waals surface area contributed by atoms with Crippen LogP contribution < -0.4 is 29.6 Å². The molecule has 1 unspecified atom stereocenters. The molecule has 0 radical (unpaired) electrons. The third-order valence-corrected chi connectivity index (χ3v) is 3.73. The van der Waals surface area contributed by atoms with Crippen molar-refractivity contribution in [3.8, 4) is 0 Å². The number of aromatic nitrogens is 1. The Balaban J connectivity index is 0.000000902. The molecule has 90 valence electrons. The van der Waals surface area contributed by atoms with E-state index in [2.05, 4.69) is 4.98 Å². The second-order valence-corrected chi connectivity index (χ2v) is 4.99. The molecule has 0 saturated heterocycles. The third-order valence-electron chi connectivity index (χ3n) is 3.50. The second-order valence-electron chi connectivity index (χ2n) is 4.55. The number of rotatable bonds is 1. The zero-order valence-corrected chi connectivity index (χ0v) is 12.9. The number of fused-ring (bicyclic) bond motifs is 3. The SMILES string of the molecule is O=C(O)C1CCc2c([nH]c3ccc(Cl)cc23)C1.[H-].[Na+]. The third kappa shape index (κ3) is 2.32. The quantitative estimate of drug-likeness (QED) is 0.726. The van der Waals surface area contributed by atoms with Crippen LogP contribution >= 0.6 is 11.6 Å². The smallest absolute Gasteiger partial charge is 1.00 e. The van der Waals surface area contributed by atoms with E-state index in [1.54, 1.807) is 0 Å². The van der Waals surface area contributed by atoms with Gasteiger partial charge in [0.1, 0.15) is 0 Å². The average Bonchev–Trinajstić information content (AvgIpc) is 2.66. The maximum absolute atomic E-state index is 11.0. The summed E-state index contributed by atoms with van der Waals surface area (Å²) >= 11 is 5.99.